The fourth-order valence-corrected chi connectivity index (χ4v) is 5.24. The quantitative estimate of drug-likeness (QED) is 0.706. The van der Waals surface area contributed by atoms with Gasteiger partial charge < -0.3 is 10.4 Å². The summed E-state index contributed by atoms with van der Waals surface area (Å²) in [6.07, 6.45) is 0.648. The summed E-state index contributed by atoms with van der Waals surface area (Å²) in [5.74, 6) is -1.67. The Bertz CT molecular complexity index is 970. The first-order valence-electron chi connectivity index (χ1n) is 9.80. The number of carboxylic acid groups (broad SMARTS) is 1. The number of anilines is 1. The lowest BCUT2D eigenvalue weighted by Gasteiger charge is -2.37. The number of hydrogen-bond donors (Lipinski definition) is 3. The van der Waals surface area contributed by atoms with Crippen molar-refractivity contribution in [1.29, 1.82) is 0 Å². The highest BCUT2D eigenvalue weighted by atomic mass is 35.5. The van der Waals surface area contributed by atoms with E-state index in [9.17, 15) is 14.7 Å². The van der Waals surface area contributed by atoms with Crippen LogP contribution in [0.5, 0.6) is 0 Å². The van der Waals surface area contributed by atoms with Crippen LogP contribution in [0.2, 0.25) is 5.02 Å². The van der Waals surface area contributed by atoms with Crippen molar-refractivity contribution in [2.45, 2.75) is 50.6 Å². The van der Waals surface area contributed by atoms with Crippen molar-refractivity contribution in [3.63, 3.8) is 0 Å². The third kappa shape index (κ3) is 3.13. The molecule has 4 atom stereocenters. The highest BCUT2D eigenvalue weighted by Gasteiger charge is 2.65. The van der Waals surface area contributed by atoms with Gasteiger partial charge in [0.05, 0.1) is 0 Å². The molecule has 0 radical (unpaired) electrons. The zero-order chi connectivity index (χ0) is 21.0. The van der Waals surface area contributed by atoms with Crippen LogP contribution < -0.4 is 10.6 Å². The lowest BCUT2D eigenvalue weighted by Crippen LogP contribution is -2.49. The molecule has 2 aromatic carbocycles. The molecule has 152 valence electrons. The van der Waals surface area contributed by atoms with Crippen LogP contribution in [0.3, 0.4) is 0 Å². The van der Waals surface area contributed by atoms with E-state index in [0.29, 0.717) is 17.1 Å². The molecule has 29 heavy (non-hydrogen) atoms. The fraction of sp³-hybridized carbons (Fsp3) is 0.391. The summed E-state index contributed by atoms with van der Waals surface area (Å²) in [5.41, 5.74) is 1.18. The summed E-state index contributed by atoms with van der Waals surface area (Å²) in [5, 5.41) is 16.9. The van der Waals surface area contributed by atoms with Crippen LogP contribution in [-0.4, -0.2) is 29.1 Å². The Morgan fingerprint density at radius 3 is 2.48 bits per heavy atom. The van der Waals surface area contributed by atoms with Crippen LogP contribution in [0.15, 0.2) is 48.5 Å². The maximum Gasteiger partial charge on any atom is 0.321 e. The molecule has 0 bridgehead atoms. The van der Waals surface area contributed by atoms with Crippen LogP contribution in [0, 0.1) is 5.41 Å². The smallest absolute Gasteiger partial charge is 0.321 e. The van der Waals surface area contributed by atoms with Gasteiger partial charge in [-0.25, -0.2) is 0 Å². The maximum absolute atomic E-state index is 13.6. The molecule has 4 rings (SSSR count). The van der Waals surface area contributed by atoms with Gasteiger partial charge in [0.25, 0.3) is 0 Å². The van der Waals surface area contributed by atoms with E-state index in [-0.39, 0.29) is 17.4 Å². The van der Waals surface area contributed by atoms with Crippen LogP contribution in [-0.2, 0) is 15.0 Å². The van der Waals surface area contributed by atoms with Gasteiger partial charge in [-0.15, -0.1) is 0 Å². The second-order valence-electron chi connectivity index (χ2n) is 9.20. The molecule has 2 aliphatic heterocycles. The predicted molar refractivity (Wildman–Crippen MR) is 113 cm³/mol. The summed E-state index contributed by atoms with van der Waals surface area (Å²) in [4.78, 5) is 25.9. The van der Waals surface area contributed by atoms with Crippen molar-refractivity contribution in [2.75, 3.05) is 5.32 Å². The number of nitrogens with one attached hydrogen (secondary N) is 2. The van der Waals surface area contributed by atoms with Gasteiger partial charge in [0, 0.05) is 22.7 Å². The minimum absolute atomic E-state index is 0.102. The molecular weight excluding hydrogens is 388 g/mol. The number of halogens is 1. The molecule has 1 fully saturated rings. The Morgan fingerprint density at radius 1 is 1.17 bits per heavy atom. The van der Waals surface area contributed by atoms with E-state index in [1.54, 1.807) is 12.1 Å². The fourth-order valence-electron chi connectivity index (χ4n) is 5.07. The lowest BCUT2D eigenvalue weighted by molar-refractivity contribution is -0.139. The standard InChI is InChI=1S/C23H25ClN2O3/c1-22(2,3)12-17-23(15-10-9-14(24)11-16(15)25-21(23)29)18(19(26-17)20(27)28)13-7-5-4-6-8-13/h4-11,17-19,26H,12H2,1-3H3,(H,25,29)(H,27,28)/t17-,18+,19-,23+/m0/s1. The lowest BCUT2D eigenvalue weighted by atomic mass is 9.62. The van der Waals surface area contributed by atoms with E-state index in [1.165, 1.54) is 0 Å². The number of fused-ring (bicyclic) bond motifs is 2. The van der Waals surface area contributed by atoms with Gasteiger partial charge in [0.2, 0.25) is 5.91 Å². The predicted octanol–water partition coefficient (Wildman–Crippen LogP) is 4.17. The molecule has 1 spiro atoms. The second-order valence-corrected chi connectivity index (χ2v) is 9.64. The van der Waals surface area contributed by atoms with Crippen LogP contribution >= 0.6 is 11.6 Å². The van der Waals surface area contributed by atoms with Crippen molar-refractivity contribution in [1.82, 2.24) is 5.32 Å². The van der Waals surface area contributed by atoms with E-state index in [1.807, 2.05) is 36.4 Å². The number of amides is 1. The van der Waals surface area contributed by atoms with E-state index < -0.39 is 23.3 Å². The summed E-state index contributed by atoms with van der Waals surface area (Å²) in [7, 11) is 0. The average Bonchev–Trinajstić information content (AvgIpc) is 3.11. The Balaban J connectivity index is 1.99. The monoisotopic (exact) mass is 412 g/mol. The van der Waals surface area contributed by atoms with E-state index in [2.05, 4.69) is 31.4 Å². The summed E-state index contributed by atoms with van der Waals surface area (Å²) in [6, 6.07) is 13.6. The van der Waals surface area contributed by atoms with Gasteiger partial charge in [-0.2, -0.15) is 0 Å². The first-order valence-corrected chi connectivity index (χ1v) is 10.2. The second kappa shape index (κ2) is 6.85. The first-order chi connectivity index (χ1) is 13.6. The van der Waals surface area contributed by atoms with Gasteiger partial charge >= 0.3 is 5.97 Å². The number of carbonyl (C=O) groups excluding carboxylic acids is 1. The third-order valence-electron chi connectivity index (χ3n) is 6.05. The summed E-state index contributed by atoms with van der Waals surface area (Å²) in [6.45, 7) is 6.30. The normalized spacial score (nSPS) is 28.4. The SMILES string of the molecule is CC(C)(C)C[C@@H]1N[C@H](C(=O)O)[C@@H](c2ccccc2)[C@]12C(=O)Nc1cc(Cl)ccc12. The average molecular weight is 413 g/mol. The first kappa shape index (κ1) is 19.9. The molecule has 6 heteroatoms. The van der Waals surface area contributed by atoms with E-state index >= 15 is 0 Å². The molecule has 3 N–H and O–H groups in total. The topological polar surface area (TPSA) is 78.4 Å². The molecule has 5 nitrogen and oxygen atoms in total. The highest BCUT2D eigenvalue weighted by Crippen LogP contribution is 2.56. The van der Waals surface area contributed by atoms with Gasteiger partial charge in [-0.1, -0.05) is 68.8 Å². The molecule has 0 saturated carbocycles. The number of aliphatic carboxylic acids is 1. The minimum atomic E-state index is -1.03. The Labute approximate surface area is 175 Å². The van der Waals surface area contributed by atoms with E-state index in [0.717, 1.165) is 11.1 Å². The molecule has 2 aromatic rings. The van der Waals surface area contributed by atoms with Crippen LogP contribution in [0.1, 0.15) is 44.2 Å². The molecule has 1 saturated heterocycles. The Hall–Kier alpha value is -2.37. The molecule has 0 aromatic heterocycles. The number of benzene rings is 2. The summed E-state index contributed by atoms with van der Waals surface area (Å²) < 4.78 is 0. The minimum Gasteiger partial charge on any atom is -0.480 e. The molecule has 1 amide bonds. The molecule has 2 heterocycles. The number of carboxylic acids is 1. The number of carbonyl (C=O) groups is 2. The molecule has 0 unspecified atom stereocenters. The molecule has 2 aliphatic rings. The van der Waals surface area contributed by atoms with Gasteiger partial charge in [0.1, 0.15) is 11.5 Å². The van der Waals surface area contributed by atoms with Crippen molar-refractivity contribution < 1.29 is 14.7 Å². The molecular formula is C23H25ClN2O3. The largest absolute Gasteiger partial charge is 0.480 e. The summed E-state index contributed by atoms with van der Waals surface area (Å²) >= 11 is 6.18. The number of hydrogen-bond acceptors (Lipinski definition) is 3. The highest BCUT2D eigenvalue weighted by molar-refractivity contribution is 6.31. The molecule has 0 aliphatic carbocycles. The van der Waals surface area contributed by atoms with Crippen molar-refractivity contribution >= 4 is 29.2 Å². The van der Waals surface area contributed by atoms with Crippen LogP contribution in [0.25, 0.3) is 0 Å². The van der Waals surface area contributed by atoms with Gasteiger partial charge in [-0.05, 0) is 35.1 Å². The zero-order valence-electron chi connectivity index (χ0n) is 16.7. The van der Waals surface area contributed by atoms with Crippen molar-refractivity contribution in [2.24, 2.45) is 5.41 Å². The zero-order valence-corrected chi connectivity index (χ0v) is 17.5. The van der Waals surface area contributed by atoms with Crippen molar-refractivity contribution in [3.8, 4) is 0 Å². The van der Waals surface area contributed by atoms with Gasteiger partial charge in [-0.3, -0.25) is 14.9 Å². The van der Waals surface area contributed by atoms with Gasteiger partial charge in [0.15, 0.2) is 0 Å². The Kier molecular flexibility index (Phi) is 4.71. The van der Waals surface area contributed by atoms with E-state index in [4.69, 9.17) is 11.6 Å². The third-order valence-corrected chi connectivity index (χ3v) is 6.28. The number of rotatable bonds is 3. The van der Waals surface area contributed by atoms with Crippen molar-refractivity contribution in [3.05, 3.63) is 64.7 Å². The van der Waals surface area contributed by atoms with Crippen LogP contribution in [0.4, 0.5) is 5.69 Å². The maximum atomic E-state index is 13.6. The Morgan fingerprint density at radius 2 is 1.86 bits per heavy atom.